The number of benzene rings is 1. The van der Waals surface area contributed by atoms with Crippen LogP contribution in [0.15, 0.2) is 42.6 Å². The first-order valence-corrected chi connectivity index (χ1v) is 11.2. The summed E-state index contributed by atoms with van der Waals surface area (Å²) in [5.41, 5.74) is 1.66. The molecule has 3 aromatic rings. The van der Waals surface area contributed by atoms with Gasteiger partial charge in [-0.05, 0) is 55.9 Å². The molecule has 2 atom stereocenters. The molecular weight excluding hydrogens is 408 g/mol. The van der Waals surface area contributed by atoms with Gasteiger partial charge in [0.05, 0.1) is 11.0 Å². The van der Waals surface area contributed by atoms with E-state index in [0.29, 0.717) is 23.7 Å². The van der Waals surface area contributed by atoms with E-state index in [1.165, 1.54) is 6.07 Å². The number of carbonyl (C=O) groups is 1. The quantitative estimate of drug-likeness (QED) is 0.457. The van der Waals surface area contributed by atoms with Crippen LogP contribution in [0.2, 0.25) is 0 Å². The molecule has 2 aliphatic heterocycles. The second-order valence-corrected chi connectivity index (χ2v) is 8.80. The van der Waals surface area contributed by atoms with Crippen molar-refractivity contribution in [2.45, 2.75) is 38.6 Å². The van der Waals surface area contributed by atoms with E-state index in [1.807, 2.05) is 28.8 Å². The van der Waals surface area contributed by atoms with E-state index < -0.39 is 0 Å². The van der Waals surface area contributed by atoms with Gasteiger partial charge in [0, 0.05) is 37.5 Å². The van der Waals surface area contributed by atoms with Crippen LogP contribution in [-0.4, -0.2) is 50.0 Å². The fourth-order valence-electron chi connectivity index (χ4n) is 5.01. The molecule has 0 bridgehead atoms. The van der Waals surface area contributed by atoms with Crippen LogP contribution in [-0.2, 0) is 0 Å². The van der Waals surface area contributed by atoms with Gasteiger partial charge >= 0.3 is 0 Å². The number of hydrogen-bond donors (Lipinski definition) is 0. The monoisotopic (exact) mass is 434 g/mol. The summed E-state index contributed by atoms with van der Waals surface area (Å²) in [5.74, 6) is 1.01. The Kier molecular flexibility index (Phi) is 5.24. The maximum Gasteiger partial charge on any atom is 0.293 e. The van der Waals surface area contributed by atoms with Crippen LogP contribution < -0.4 is 4.90 Å². The topological polar surface area (TPSA) is 96.9 Å². The highest BCUT2D eigenvalue weighted by Crippen LogP contribution is 2.36. The Morgan fingerprint density at radius 2 is 1.97 bits per heavy atom. The van der Waals surface area contributed by atoms with E-state index in [-0.39, 0.29) is 22.6 Å². The van der Waals surface area contributed by atoms with Crippen molar-refractivity contribution in [3.8, 4) is 0 Å². The number of piperidine rings is 1. The zero-order valence-corrected chi connectivity index (χ0v) is 18.1. The van der Waals surface area contributed by atoms with E-state index in [9.17, 15) is 14.9 Å². The maximum absolute atomic E-state index is 13.4. The number of carbonyl (C=O) groups excluding carboxylic acids is 1. The summed E-state index contributed by atoms with van der Waals surface area (Å²) in [6, 6.07) is 10.4. The lowest BCUT2D eigenvalue weighted by atomic mass is 9.99. The van der Waals surface area contributed by atoms with Crippen molar-refractivity contribution < 1.29 is 9.72 Å². The van der Waals surface area contributed by atoms with Gasteiger partial charge < -0.3 is 9.80 Å². The number of hydrogen-bond acceptors (Lipinski definition) is 6. The van der Waals surface area contributed by atoms with Crippen molar-refractivity contribution in [3.63, 3.8) is 0 Å². The van der Waals surface area contributed by atoms with Crippen molar-refractivity contribution in [1.29, 1.82) is 0 Å². The Balaban J connectivity index is 1.45. The zero-order valence-electron chi connectivity index (χ0n) is 18.1. The van der Waals surface area contributed by atoms with Crippen molar-refractivity contribution in [1.82, 2.24) is 19.5 Å². The molecule has 0 aliphatic carbocycles. The Hall–Kier alpha value is -3.49. The second-order valence-electron chi connectivity index (χ2n) is 8.80. The van der Waals surface area contributed by atoms with Gasteiger partial charge in [-0.3, -0.25) is 19.3 Å². The zero-order chi connectivity index (χ0) is 22.2. The Labute approximate surface area is 185 Å². The molecule has 0 radical (unpaired) electrons. The minimum Gasteiger partial charge on any atom is -0.366 e. The minimum atomic E-state index is -0.376. The molecule has 0 spiro atoms. The van der Waals surface area contributed by atoms with E-state index in [2.05, 4.69) is 22.0 Å². The average Bonchev–Trinajstić information content (AvgIpc) is 3.45. The molecule has 2 aliphatic rings. The van der Waals surface area contributed by atoms with Crippen LogP contribution in [0.3, 0.4) is 0 Å². The number of anilines is 1. The lowest BCUT2D eigenvalue weighted by Gasteiger charge is -2.32. The number of nitro benzene ring substituents is 1. The number of aromatic nitrogens is 3. The van der Waals surface area contributed by atoms with Crippen molar-refractivity contribution in [2.24, 2.45) is 5.92 Å². The molecule has 2 aromatic heterocycles. The van der Waals surface area contributed by atoms with Crippen LogP contribution in [0.1, 0.15) is 54.8 Å². The van der Waals surface area contributed by atoms with Crippen molar-refractivity contribution in [3.05, 3.63) is 64.1 Å². The highest BCUT2D eigenvalue weighted by atomic mass is 16.6. The minimum absolute atomic E-state index is 0.00590. The van der Waals surface area contributed by atoms with E-state index in [1.54, 1.807) is 17.0 Å². The van der Waals surface area contributed by atoms with Gasteiger partial charge in [0.2, 0.25) is 0 Å². The normalized spacial score (nSPS) is 21.3. The smallest absolute Gasteiger partial charge is 0.293 e. The summed E-state index contributed by atoms with van der Waals surface area (Å²) in [5, 5.41) is 20.4. The van der Waals surface area contributed by atoms with Gasteiger partial charge in [0.15, 0.2) is 11.5 Å². The highest BCUT2D eigenvalue weighted by molar-refractivity contribution is 5.96. The number of amides is 1. The number of rotatable bonds is 4. The first kappa shape index (κ1) is 20.4. The van der Waals surface area contributed by atoms with Gasteiger partial charge in [-0.2, -0.15) is 0 Å². The predicted molar refractivity (Wildman–Crippen MR) is 120 cm³/mol. The molecule has 5 rings (SSSR count). The summed E-state index contributed by atoms with van der Waals surface area (Å²) in [6.45, 7) is 4.34. The predicted octanol–water partition coefficient (Wildman–Crippen LogP) is 3.85. The van der Waals surface area contributed by atoms with Crippen LogP contribution in [0.5, 0.6) is 0 Å². The number of fused-ring (bicyclic) bond motifs is 1. The van der Waals surface area contributed by atoms with Crippen LogP contribution in [0.25, 0.3) is 5.65 Å². The van der Waals surface area contributed by atoms with E-state index in [4.69, 9.17) is 0 Å². The first-order chi connectivity index (χ1) is 15.5. The molecule has 166 valence electrons. The lowest BCUT2D eigenvalue weighted by molar-refractivity contribution is -0.384. The molecule has 0 N–H and O–H groups in total. The molecule has 9 heteroatoms. The Bertz CT molecular complexity index is 1180. The van der Waals surface area contributed by atoms with Crippen molar-refractivity contribution in [2.75, 3.05) is 24.5 Å². The summed E-state index contributed by atoms with van der Waals surface area (Å²) in [4.78, 5) is 28.8. The average molecular weight is 435 g/mol. The number of pyridine rings is 1. The summed E-state index contributed by atoms with van der Waals surface area (Å²) < 4.78 is 1.90. The number of likely N-dealkylation sites (tertiary alicyclic amines) is 1. The maximum atomic E-state index is 13.4. The highest BCUT2D eigenvalue weighted by Gasteiger charge is 2.35. The Morgan fingerprint density at radius 3 is 2.78 bits per heavy atom. The third kappa shape index (κ3) is 3.57. The molecule has 2 unspecified atom stereocenters. The summed E-state index contributed by atoms with van der Waals surface area (Å²) in [6.07, 6.45) is 5.68. The van der Waals surface area contributed by atoms with Crippen molar-refractivity contribution >= 4 is 22.9 Å². The molecule has 4 heterocycles. The largest absolute Gasteiger partial charge is 0.366 e. The van der Waals surface area contributed by atoms with Crippen LogP contribution in [0, 0.1) is 16.0 Å². The summed E-state index contributed by atoms with van der Waals surface area (Å²) in [7, 11) is 0. The van der Waals surface area contributed by atoms with E-state index in [0.717, 1.165) is 50.2 Å². The second kappa shape index (κ2) is 8.22. The Morgan fingerprint density at radius 1 is 1.12 bits per heavy atom. The number of nitro groups is 1. The first-order valence-electron chi connectivity index (χ1n) is 11.2. The van der Waals surface area contributed by atoms with Crippen LogP contribution in [0.4, 0.5) is 11.4 Å². The van der Waals surface area contributed by atoms with E-state index >= 15 is 0 Å². The molecule has 1 aromatic carbocycles. The third-order valence-corrected chi connectivity index (χ3v) is 6.57. The fourth-order valence-corrected chi connectivity index (χ4v) is 5.01. The standard InChI is InChI=1S/C23H26N6O3/c1-16-6-4-11-26(15-16)18-10-9-17(14-20(18)29(31)32)23(30)27-13-5-7-19(27)22-25-24-21-8-2-3-12-28(21)22/h2-3,8-10,12,14,16,19H,4-7,11,13,15H2,1H3. The van der Waals surface area contributed by atoms with Gasteiger partial charge in [0.25, 0.3) is 11.6 Å². The molecule has 9 nitrogen and oxygen atoms in total. The van der Waals surface area contributed by atoms with Gasteiger partial charge in [-0.15, -0.1) is 10.2 Å². The molecule has 1 amide bonds. The van der Waals surface area contributed by atoms with Gasteiger partial charge in [0.1, 0.15) is 5.69 Å². The fraction of sp³-hybridized carbons (Fsp3) is 0.435. The molecule has 2 fully saturated rings. The molecule has 0 saturated carbocycles. The molecule has 32 heavy (non-hydrogen) atoms. The summed E-state index contributed by atoms with van der Waals surface area (Å²) >= 11 is 0. The third-order valence-electron chi connectivity index (χ3n) is 6.57. The van der Waals surface area contributed by atoms with Gasteiger partial charge in [-0.1, -0.05) is 13.0 Å². The van der Waals surface area contributed by atoms with Crippen LogP contribution >= 0.6 is 0 Å². The number of nitrogens with zero attached hydrogens (tertiary/aromatic N) is 6. The SMILES string of the molecule is CC1CCCN(c2ccc(C(=O)N3CCCC3c3nnc4ccccn34)cc2[N+](=O)[O-])C1. The molecular formula is C23H26N6O3. The van der Waals surface area contributed by atoms with Gasteiger partial charge in [-0.25, -0.2) is 0 Å². The lowest BCUT2D eigenvalue weighted by Crippen LogP contribution is -2.35. The molecule has 2 saturated heterocycles.